The minimum absolute atomic E-state index is 0.315. The molecule has 7 heteroatoms. The van der Waals surface area contributed by atoms with Crippen LogP contribution < -0.4 is 0 Å². The smallest absolute Gasteiger partial charge is 0.306 e. The third-order valence-electron chi connectivity index (χ3n) is 3.21. The Labute approximate surface area is 121 Å². The normalized spacial score (nSPS) is 12.4. The van der Waals surface area contributed by atoms with E-state index in [1.54, 1.807) is 23.7 Å². The number of hydrogen-bond donors (Lipinski definition) is 1. The number of aliphatic carboxylic acids is 1. The molecule has 0 aromatic carbocycles. The van der Waals surface area contributed by atoms with Crippen molar-refractivity contribution in [3.63, 3.8) is 0 Å². The van der Waals surface area contributed by atoms with Gasteiger partial charge in [-0.15, -0.1) is 10.2 Å². The lowest BCUT2D eigenvalue weighted by Gasteiger charge is -2.07. The van der Waals surface area contributed by atoms with Crippen molar-refractivity contribution in [2.75, 3.05) is 0 Å². The van der Waals surface area contributed by atoms with Crippen LogP contribution in [0.3, 0.4) is 0 Å². The highest BCUT2D eigenvalue weighted by atomic mass is 35.5. The first kappa shape index (κ1) is 14.5. The zero-order chi connectivity index (χ0) is 14.9. The molecular weight excluding hydrogens is 280 g/mol. The number of hydrogen-bond acceptors (Lipinski definition) is 4. The number of halogens is 1. The van der Waals surface area contributed by atoms with Crippen LogP contribution in [0, 0.1) is 19.8 Å². The van der Waals surface area contributed by atoms with Crippen molar-refractivity contribution in [2.24, 2.45) is 5.92 Å². The summed E-state index contributed by atoms with van der Waals surface area (Å²) < 4.78 is 1.66. The van der Waals surface area contributed by atoms with E-state index in [0.717, 1.165) is 17.0 Å². The van der Waals surface area contributed by atoms with E-state index in [9.17, 15) is 4.79 Å². The van der Waals surface area contributed by atoms with E-state index < -0.39 is 11.9 Å². The average Bonchev–Trinajstić information content (AvgIpc) is 2.67. The minimum Gasteiger partial charge on any atom is -0.481 e. The zero-order valence-corrected chi connectivity index (χ0v) is 12.2. The quantitative estimate of drug-likeness (QED) is 0.935. The van der Waals surface area contributed by atoms with Gasteiger partial charge in [0.25, 0.3) is 0 Å². The summed E-state index contributed by atoms with van der Waals surface area (Å²) in [5.74, 6) is -0.714. The molecule has 0 amide bonds. The molecule has 2 aromatic heterocycles. The molecule has 0 fully saturated rings. The first-order chi connectivity index (χ1) is 9.40. The molecule has 0 aliphatic heterocycles. The Balaban J connectivity index is 2.38. The molecule has 1 unspecified atom stereocenters. The Kier molecular flexibility index (Phi) is 4.04. The lowest BCUT2D eigenvalue weighted by molar-refractivity contribution is -0.141. The molecule has 6 nitrogen and oxygen atoms in total. The molecule has 0 saturated heterocycles. The second-order valence-corrected chi connectivity index (χ2v) is 5.11. The van der Waals surface area contributed by atoms with E-state index in [1.807, 2.05) is 13.8 Å². The summed E-state index contributed by atoms with van der Waals surface area (Å²) in [6, 6.07) is 3.36. The lowest BCUT2D eigenvalue weighted by atomic mass is 10.00. The maximum absolute atomic E-state index is 11.0. The van der Waals surface area contributed by atoms with Crippen LogP contribution in [0.25, 0.3) is 5.82 Å². The van der Waals surface area contributed by atoms with Gasteiger partial charge in [-0.2, -0.15) is 5.10 Å². The average molecular weight is 295 g/mol. The second kappa shape index (κ2) is 5.58. The number of nitrogens with zero attached hydrogens (tertiary/aromatic N) is 4. The summed E-state index contributed by atoms with van der Waals surface area (Å²) >= 11 is 5.71. The Bertz CT molecular complexity index is 637. The Morgan fingerprint density at radius 1 is 1.40 bits per heavy atom. The highest BCUT2D eigenvalue weighted by Crippen LogP contribution is 2.20. The van der Waals surface area contributed by atoms with Gasteiger partial charge >= 0.3 is 5.97 Å². The third kappa shape index (κ3) is 2.80. The summed E-state index contributed by atoms with van der Waals surface area (Å²) in [7, 11) is 0. The SMILES string of the molecule is Cc1nn(-c2ccc(Cl)nn2)c(C)c1CC(C)C(=O)O. The van der Waals surface area contributed by atoms with E-state index in [1.165, 1.54) is 0 Å². The van der Waals surface area contributed by atoms with Crippen molar-refractivity contribution in [1.29, 1.82) is 0 Å². The number of aromatic nitrogens is 4. The first-order valence-electron chi connectivity index (χ1n) is 6.17. The number of carbonyl (C=O) groups is 1. The van der Waals surface area contributed by atoms with Crippen molar-refractivity contribution >= 4 is 17.6 Å². The number of rotatable bonds is 4. The van der Waals surface area contributed by atoms with Gasteiger partial charge in [0.1, 0.15) is 0 Å². The van der Waals surface area contributed by atoms with Gasteiger partial charge in [0.05, 0.1) is 11.6 Å². The van der Waals surface area contributed by atoms with Crippen LogP contribution in [0.1, 0.15) is 23.9 Å². The fourth-order valence-corrected chi connectivity index (χ4v) is 2.11. The van der Waals surface area contributed by atoms with Crippen LogP contribution in [0.15, 0.2) is 12.1 Å². The van der Waals surface area contributed by atoms with Gasteiger partial charge < -0.3 is 5.11 Å². The maximum Gasteiger partial charge on any atom is 0.306 e. The van der Waals surface area contributed by atoms with Gasteiger partial charge in [0.15, 0.2) is 11.0 Å². The topological polar surface area (TPSA) is 80.9 Å². The van der Waals surface area contributed by atoms with E-state index in [-0.39, 0.29) is 0 Å². The number of carboxylic acid groups (broad SMARTS) is 1. The monoisotopic (exact) mass is 294 g/mol. The van der Waals surface area contributed by atoms with Crippen molar-refractivity contribution in [1.82, 2.24) is 20.0 Å². The van der Waals surface area contributed by atoms with Crippen LogP contribution in [0.4, 0.5) is 0 Å². The molecule has 1 atom stereocenters. The van der Waals surface area contributed by atoms with E-state index in [2.05, 4.69) is 15.3 Å². The van der Waals surface area contributed by atoms with E-state index >= 15 is 0 Å². The summed E-state index contributed by atoms with van der Waals surface area (Å²) in [6.45, 7) is 5.43. The minimum atomic E-state index is -0.817. The molecule has 106 valence electrons. The molecule has 0 aliphatic rings. The van der Waals surface area contributed by atoms with Crippen LogP contribution in [-0.2, 0) is 11.2 Å². The molecule has 0 bridgehead atoms. The van der Waals surface area contributed by atoms with Crippen LogP contribution in [0.5, 0.6) is 0 Å². The van der Waals surface area contributed by atoms with Gasteiger partial charge in [-0.1, -0.05) is 18.5 Å². The largest absolute Gasteiger partial charge is 0.481 e. The predicted octanol–water partition coefficient (Wildman–Crippen LogP) is 2.20. The summed E-state index contributed by atoms with van der Waals surface area (Å²) in [5.41, 5.74) is 2.59. The van der Waals surface area contributed by atoms with Crippen molar-refractivity contribution in [3.8, 4) is 5.82 Å². The van der Waals surface area contributed by atoms with Crippen LogP contribution >= 0.6 is 11.6 Å². The summed E-state index contributed by atoms with van der Waals surface area (Å²) in [4.78, 5) is 11.0. The predicted molar refractivity (Wildman–Crippen MR) is 74.1 cm³/mol. The van der Waals surface area contributed by atoms with Crippen molar-refractivity contribution < 1.29 is 9.90 Å². The summed E-state index contributed by atoms with van der Waals surface area (Å²) in [5, 5.41) is 21.5. The maximum atomic E-state index is 11.0. The molecule has 0 radical (unpaired) electrons. The Hall–Kier alpha value is -1.95. The number of carboxylic acids is 1. The van der Waals surface area contributed by atoms with Crippen LogP contribution in [-0.4, -0.2) is 31.1 Å². The molecule has 2 rings (SSSR count). The van der Waals surface area contributed by atoms with Gasteiger partial charge in [-0.3, -0.25) is 4.79 Å². The highest BCUT2D eigenvalue weighted by molar-refractivity contribution is 6.29. The van der Waals surface area contributed by atoms with Crippen molar-refractivity contribution in [3.05, 3.63) is 34.2 Å². The first-order valence-corrected chi connectivity index (χ1v) is 6.55. The Morgan fingerprint density at radius 2 is 2.10 bits per heavy atom. The zero-order valence-electron chi connectivity index (χ0n) is 11.5. The standard InChI is InChI=1S/C13H15ClN4O2/c1-7(13(19)20)6-10-8(2)17-18(9(10)3)12-5-4-11(14)15-16-12/h4-5,7H,6H2,1-3H3,(H,19,20). The molecule has 0 aliphatic carbocycles. The third-order valence-corrected chi connectivity index (χ3v) is 3.41. The molecule has 0 saturated carbocycles. The summed E-state index contributed by atoms with van der Waals surface area (Å²) in [6.07, 6.45) is 0.439. The lowest BCUT2D eigenvalue weighted by Crippen LogP contribution is -2.13. The second-order valence-electron chi connectivity index (χ2n) is 4.72. The van der Waals surface area contributed by atoms with Crippen molar-refractivity contribution in [2.45, 2.75) is 27.2 Å². The molecule has 1 N–H and O–H groups in total. The molecule has 20 heavy (non-hydrogen) atoms. The Morgan fingerprint density at radius 3 is 2.65 bits per heavy atom. The highest BCUT2D eigenvalue weighted by Gasteiger charge is 2.19. The van der Waals surface area contributed by atoms with Crippen LogP contribution in [0.2, 0.25) is 5.15 Å². The van der Waals surface area contributed by atoms with Gasteiger partial charge in [0.2, 0.25) is 0 Å². The molecule has 0 spiro atoms. The number of aryl methyl sites for hydroxylation is 1. The van der Waals surface area contributed by atoms with E-state index in [4.69, 9.17) is 16.7 Å². The van der Waals surface area contributed by atoms with Gasteiger partial charge in [0, 0.05) is 5.69 Å². The molecule has 2 heterocycles. The van der Waals surface area contributed by atoms with Gasteiger partial charge in [-0.05, 0) is 38.0 Å². The van der Waals surface area contributed by atoms with E-state index in [0.29, 0.717) is 17.4 Å². The fraction of sp³-hybridized carbons (Fsp3) is 0.385. The van der Waals surface area contributed by atoms with Gasteiger partial charge in [-0.25, -0.2) is 4.68 Å². The molecule has 2 aromatic rings. The fourth-order valence-electron chi connectivity index (χ4n) is 2.01. The molecular formula is C13H15ClN4O2.